The van der Waals surface area contributed by atoms with Crippen LogP contribution in [0.1, 0.15) is 12.8 Å². The van der Waals surface area contributed by atoms with E-state index in [0.717, 1.165) is 0 Å². The zero-order chi connectivity index (χ0) is 7.73. The molecule has 1 unspecified atom stereocenters. The topological polar surface area (TPSA) is 27.3 Å². The van der Waals surface area contributed by atoms with E-state index in [1.165, 1.54) is 39.0 Å². The molecule has 3 heteroatoms. The highest BCUT2D eigenvalue weighted by atomic mass is 15.5. The summed E-state index contributed by atoms with van der Waals surface area (Å²) in [6.07, 6.45) is 2.73. The van der Waals surface area contributed by atoms with Crippen LogP contribution in [-0.2, 0) is 0 Å². The smallest absolute Gasteiger partial charge is 0.0200 e. The van der Waals surface area contributed by atoms with Gasteiger partial charge in [-0.25, -0.2) is 5.01 Å². The van der Waals surface area contributed by atoms with Crippen molar-refractivity contribution < 1.29 is 0 Å². The fourth-order valence-electron chi connectivity index (χ4n) is 2.27. The van der Waals surface area contributed by atoms with Crippen molar-refractivity contribution in [2.24, 2.45) is 5.41 Å². The standard InChI is InChI=1S/C8H17N3/c1-9-11-5-3-8(7-11)2-4-10-6-8/h9-10H,2-7H2,1H3. The Bertz CT molecular complexity index is 140. The zero-order valence-electron chi connectivity index (χ0n) is 7.19. The summed E-state index contributed by atoms with van der Waals surface area (Å²) in [6, 6.07) is 0. The maximum atomic E-state index is 3.45. The van der Waals surface area contributed by atoms with Gasteiger partial charge in [0.05, 0.1) is 0 Å². The number of hydrazine groups is 1. The molecule has 2 N–H and O–H groups in total. The highest BCUT2D eigenvalue weighted by Gasteiger charge is 2.39. The molecular weight excluding hydrogens is 138 g/mol. The summed E-state index contributed by atoms with van der Waals surface area (Å²) in [7, 11) is 2.02. The van der Waals surface area contributed by atoms with Crippen LogP contribution in [0.15, 0.2) is 0 Å². The molecule has 2 rings (SSSR count). The number of hydrogen-bond donors (Lipinski definition) is 2. The van der Waals surface area contributed by atoms with Gasteiger partial charge in [0, 0.05) is 19.6 Å². The lowest BCUT2D eigenvalue weighted by Crippen LogP contribution is -2.36. The number of nitrogens with one attached hydrogen (secondary N) is 2. The van der Waals surface area contributed by atoms with Gasteiger partial charge in [-0.1, -0.05) is 0 Å². The molecule has 0 radical (unpaired) electrons. The molecule has 2 heterocycles. The van der Waals surface area contributed by atoms with E-state index in [1.807, 2.05) is 7.05 Å². The molecule has 2 saturated heterocycles. The lowest BCUT2D eigenvalue weighted by atomic mass is 9.87. The second-order valence-electron chi connectivity index (χ2n) is 3.82. The summed E-state index contributed by atoms with van der Waals surface area (Å²) < 4.78 is 0. The van der Waals surface area contributed by atoms with E-state index >= 15 is 0 Å². The summed E-state index contributed by atoms with van der Waals surface area (Å²) in [5.41, 5.74) is 3.83. The molecule has 1 spiro atoms. The van der Waals surface area contributed by atoms with E-state index < -0.39 is 0 Å². The predicted octanol–water partition coefficient (Wildman–Crippen LogP) is -0.194. The van der Waals surface area contributed by atoms with E-state index in [1.54, 1.807) is 0 Å². The third-order valence-corrected chi connectivity index (χ3v) is 3.09. The molecule has 0 aromatic rings. The van der Waals surface area contributed by atoms with Crippen molar-refractivity contribution in [3.8, 4) is 0 Å². The van der Waals surface area contributed by atoms with E-state index in [2.05, 4.69) is 15.8 Å². The highest BCUT2D eigenvalue weighted by molar-refractivity contribution is 4.94. The molecule has 0 aromatic heterocycles. The Morgan fingerprint density at radius 2 is 2.36 bits per heavy atom. The van der Waals surface area contributed by atoms with Gasteiger partial charge in [0.15, 0.2) is 0 Å². The number of rotatable bonds is 1. The summed E-state index contributed by atoms with van der Waals surface area (Å²) in [5.74, 6) is 0. The van der Waals surface area contributed by atoms with E-state index in [-0.39, 0.29) is 0 Å². The number of nitrogens with zero attached hydrogens (tertiary/aromatic N) is 1. The Hall–Kier alpha value is -0.120. The Balaban J connectivity index is 1.96. The quantitative estimate of drug-likeness (QED) is 0.549. The minimum absolute atomic E-state index is 0.614. The van der Waals surface area contributed by atoms with Crippen LogP contribution in [0.3, 0.4) is 0 Å². The molecule has 2 fully saturated rings. The van der Waals surface area contributed by atoms with Crippen molar-refractivity contribution in [2.45, 2.75) is 12.8 Å². The largest absolute Gasteiger partial charge is 0.316 e. The summed E-state index contributed by atoms with van der Waals surface area (Å²) in [5, 5.41) is 5.77. The fourth-order valence-corrected chi connectivity index (χ4v) is 2.27. The Kier molecular flexibility index (Phi) is 1.87. The molecule has 0 amide bonds. The highest BCUT2D eigenvalue weighted by Crippen LogP contribution is 2.34. The molecule has 3 nitrogen and oxygen atoms in total. The van der Waals surface area contributed by atoms with Crippen LogP contribution in [-0.4, -0.2) is 38.2 Å². The molecule has 0 bridgehead atoms. The van der Waals surface area contributed by atoms with Crippen LogP contribution < -0.4 is 10.7 Å². The second-order valence-corrected chi connectivity index (χ2v) is 3.82. The zero-order valence-corrected chi connectivity index (χ0v) is 7.19. The Labute approximate surface area is 68.1 Å². The summed E-state index contributed by atoms with van der Waals surface area (Å²) in [6.45, 7) is 4.90. The van der Waals surface area contributed by atoms with Gasteiger partial charge in [0.1, 0.15) is 0 Å². The van der Waals surface area contributed by atoms with Crippen LogP contribution >= 0.6 is 0 Å². The van der Waals surface area contributed by atoms with Gasteiger partial charge < -0.3 is 5.32 Å². The van der Waals surface area contributed by atoms with Crippen molar-refractivity contribution in [3.05, 3.63) is 0 Å². The maximum Gasteiger partial charge on any atom is 0.0200 e. The molecule has 0 aromatic carbocycles. The molecule has 0 saturated carbocycles. The lowest BCUT2D eigenvalue weighted by molar-refractivity contribution is 0.222. The first-order valence-electron chi connectivity index (χ1n) is 4.48. The molecular formula is C8H17N3. The van der Waals surface area contributed by atoms with Gasteiger partial charge in [-0.15, -0.1) is 0 Å². The van der Waals surface area contributed by atoms with Crippen LogP contribution in [0.25, 0.3) is 0 Å². The lowest BCUT2D eigenvalue weighted by Gasteiger charge is -2.21. The fraction of sp³-hybridized carbons (Fsp3) is 1.00. The van der Waals surface area contributed by atoms with Gasteiger partial charge in [-0.3, -0.25) is 5.43 Å². The van der Waals surface area contributed by atoms with E-state index in [4.69, 9.17) is 0 Å². The first kappa shape index (κ1) is 7.53. The van der Waals surface area contributed by atoms with Crippen molar-refractivity contribution >= 4 is 0 Å². The molecule has 1 atom stereocenters. The van der Waals surface area contributed by atoms with Crippen LogP contribution in [0.4, 0.5) is 0 Å². The Morgan fingerprint density at radius 1 is 1.45 bits per heavy atom. The molecule has 0 aliphatic carbocycles. The second kappa shape index (κ2) is 2.73. The third-order valence-electron chi connectivity index (χ3n) is 3.09. The maximum absolute atomic E-state index is 3.45. The summed E-state index contributed by atoms with van der Waals surface area (Å²) in [4.78, 5) is 0. The van der Waals surface area contributed by atoms with Crippen LogP contribution in [0.2, 0.25) is 0 Å². The minimum atomic E-state index is 0.614. The van der Waals surface area contributed by atoms with Crippen LogP contribution in [0, 0.1) is 5.41 Å². The Morgan fingerprint density at radius 3 is 2.91 bits per heavy atom. The van der Waals surface area contributed by atoms with Crippen molar-refractivity contribution in [1.29, 1.82) is 0 Å². The summed E-state index contributed by atoms with van der Waals surface area (Å²) >= 11 is 0. The van der Waals surface area contributed by atoms with Gasteiger partial charge in [0.25, 0.3) is 0 Å². The third kappa shape index (κ3) is 1.28. The van der Waals surface area contributed by atoms with E-state index in [9.17, 15) is 0 Å². The predicted molar refractivity (Wildman–Crippen MR) is 45.2 cm³/mol. The van der Waals surface area contributed by atoms with Crippen molar-refractivity contribution in [1.82, 2.24) is 15.8 Å². The first-order valence-corrected chi connectivity index (χ1v) is 4.48. The van der Waals surface area contributed by atoms with Gasteiger partial charge in [0.2, 0.25) is 0 Å². The van der Waals surface area contributed by atoms with Crippen molar-refractivity contribution in [3.63, 3.8) is 0 Å². The van der Waals surface area contributed by atoms with Gasteiger partial charge in [-0.05, 0) is 31.8 Å². The molecule has 64 valence electrons. The van der Waals surface area contributed by atoms with Gasteiger partial charge in [-0.2, -0.15) is 0 Å². The normalized spacial score (nSPS) is 39.0. The first-order chi connectivity index (χ1) is 5.35. The number of hydrogen-bond acceptors (Lipinski definition) is 3. The minimum Gasteiger partial charge on any atom is -0.316 e. The van der Waals surface area contributed by atoms with Crippen molar-refractivity contribution in [2.75, 3.05) is 33.2 Å². The van der Waals surface area contributed by atoms with Gasteiger partial charge >= 0.3 is 0 Å². The average Bonchev–Trinajstić information content (AvgIpc) is 2.62. The van der Waals surface area contributed by atoms with Crippen LogP contribution in [0.5, 0.6) is 0 Å². The monoisotopic (exact) mass is 155 g/mol. The van der Waals surface area contributed by atoms with E-state index in [0.29, 0.717) is 5.41 Å². The average molecular weight is 155 g/mol. The molecule has 11 heavy (non-hydrogen) atoms. The molecule has 2 aliphatic heterocycles. The SMILES string of the molecule is CNN1CCC2(CCNC2)C1. The molecule has 2 aliphatic rings.